The number of benzene rings is 1. The molecule has 0 bridgehead atoms. The molecule has 0 unspecified atom stereocenters. The van der Waals surface area contributed by atoms with Crippen LogP contribution in [0.25, 0.3) is 6.08 Å². The van der Waals surface area contributed by atoms with Crippen LogP contribution in [0.15, 0.2) is 35.0 Å². The number of rotatable bonds is 5. The van der Waals surface area contributed by atoms with Gasteiger partial charge in [0.25, 0.3) is 0 Å². The Morgan fingerprint density at radius 1 is 1.16 bits per heavy atom. The number of ether oxygens (including phenoxy) is 3. The molecular weight excluding hydrogens is 342 g/mol. The molecule has 1 aromatic carbocycles. The van der Waals surface area contributed by atoms with Crippen LogP contribution in [0.2, 0.25) is 0 Å². The van der Waals surface area contributed by atoms with Crippen molar-refractivity contribution in [2.75, 3.05) is 33.2 Å². The predicted molar refractivity (Wildman–Crippen MR) is 96.6 cm³/mol. The monoisotopic (exact) mass is 359 g/mol. The molecule has 0 saturated carbocycles. The molecule has 0 aliphatic carbocycles. The molecule has 2 aromatic rings. The zero-order valence-electron chi connectivity index (χ0n) is 14.3. The Labute approximate surface area is 149 Å². The SMILES string of the molecule is COc1ccc(C2=NC(=Cc3sc(N(C)C)nc3OC)C(=O)O2)cc1. The number of aromatic nitrogens is 1. The van der Waals surface area contributed by atoms with E-state index >= 15 is 0 Å². The number of hydrogen-bond acceptors (Lipinski definition) is 8. The van der Waals surface area contributed by atoms with Gasteiger partial charge in [0.2, 0.25) is 11.8 Å². The summed E-state index contributed by atoms with van der Waals surface area (Å²) in [6, 6.07) is 7.13. The number of methoxy groups -OCH3 is 2. The lowest BCUT2D eigenvalue weighted by Crippen LogP contribution is -2.07. The number of carbonyl (C=O) groups excluding carboxylic acids is 1. The minimum absolute atomic E-state index is 0.207. The number of anilines is 1. The minimum atomic E-state index is -0.507. The predicted octanol–water partition coefficient (Wildman–Crippen LogP) is 2.57. The van der Waals surface area contributed by atoms with Gasteiger partial charge in [-0.25, -0.2) is 9.79 Å². The first-order valence-electron chi connectivity index (χ1n) is 7.41. The highest BCUT2D eigenvalue weighted by Gasteiger charge is 2.25. The number of esters is 1. The molecule has 0 spiro atoms. The first kappa shape index (κ1) is 17.0. The number of cyclic esters (lactones) is 1. The van der Waals surface area contributed by atoms with Gasteiger partial charge in [0.15, 0.2) is 10.8 Å². The second-order valence-electron chi connectivity index (χ2n) is 5.33. The summed E-state index contributed by atoms with van der Waals surface area (Å²) in [7, 11) is 6.90. The van der Waals surface area contributed by atoms with E-state index in [4.69, 9.17) is 14.2 Å². The first-order valence-corrected chi connectivity index (χ1v) is 8.22. The quantitative estimate of drug-likeness (QED) is 0.603. The van der Waals surface area contributed by atoms with Crippen LogP contribution in [0.3, 0.4) is 0 Å². The van der Waals surface area contributed by atoms with Crippen LogP contribution >= 0.6 is 11.3 Å². The van der Waals surface area contributed by atoms with E-state index in [0.29, 0.717) is 16.3 Å². The van der Waals surface area contributed by atoms with Crippen LogP contribution in [0.4, 0.5) is 5.13 Å². The molecule has 3 rings (SSSR count). The molecule has 8 heteroatoms. The van der Waals surface area contributed by atoms with Crippen LogP contribution in [-0.2, 0) is 9.53 Å². The maximum absolute atomic E-state index is 12.1. The van der Waals surface area contributed by atoms with Crippen LogP contribution in [-0.4, -0.2) is 45.2 Å². The topological polar surface area (TPSA) is 73.3 Å². The van der Waals surface area contributed by atoms with Gasteiger partial charge < -0.3 is 19.1 Å². The largest absolute Gasteiger partial charge is 0.497 e. The maximum Gasteiger partial charge on any atom is 0.363 e. The summed E-state index contributed by atoms with van der Waals surface area (Å²) in [5.74, 6) is 0.917. The smallest absolute Gasteiger partial charge is 0.363 e. The van der Waals surface area contributed by atoms with E-state index in [-0.39, 0.29) is 11.6 Å². The summed E-state index contributed by atoms with van der Waals surface area (Å²) in [6.45, 7) is 0. The summed E-state index contributed by atoms with van der Waals surface area (Å²) < 4.78 is 15.7. The Balaban J connectivity index is 1.92. The van der Waals surface area contributed by atoms with Crippen molar-refractivity contribution in [1.29, 1.82) is 0 Å². The molecule has 0 saturated heterocycles. The molecule has 1 aliphatic rings. The van der Waals surface area contributed by atoms with Crippen molar-refractivity contribution in [2.24, 2.45) is 4.99 Å². The van der Waals surface area contributed by atoms with Crippen molar-refractivity contribution >= 4 is 34.4 Å². The third-order valence-electron chi connectivity index (χ3n) is 3.41. The number of nitrogens with zero attached hydrogens (tertiary/aromatic N) is 3. The third kappa shape index (κ3) is 3.48. The van der Waals surface area contributed by atoms with Gasteiger partial charge in [-0.15, -0.1) is 0 Å². The van der Waals surface area contributed by atoms with Crippen molar-refractivity contribution in [3.63, 3.8) is 0 Å². The molecule has 0 radical (unpaired) electrons. The van der Waals surface area contributed by atoms with Crippen molar-refractivity contribution in [1.82, 2.24) is 4.98 Å². The highest BCUT2D eigenvalue weighted by Crippen LogP contribution is 2.33. The van der Waals surface area contributed by atoms with Crippen molar-refractivity contribution in [3.8, 4) is 11.6 Å². The van der Waals surface area contributed by atoms with E-state index in [9.17, 15) is 4.79 Å². The third-order valence-corrected chi connectivity index (χ3v) is 4.56. The average Bonchev–Trinajstić information content (AvgIpc) is 3.19. The summed E-state index contributed by atoms with van der Waals surface area (Å²) >= 11 is 1.40. The molecular formula is C17H17N3O4S. The maximum atomic E-state index is 12.1. The van der Waals surface area contributed by atoms with E-state index in [1.165, 1.54) is 18.4 Å². The fourth-order valence-electron chi connectivity index (χ4n) is 2.13. The lowest BCUT2D eigenvalue weighted by atomic mass is 10.2. The van der Waals surface area contributed by atoms with Gasteiger partial charge in [0, 0.05) is 19.7 Å². The molecule has 1 aromatic heterocycles. The van der Waals surface area contributed by atoms with Gasteiger partial charge in [0.05, 0.1) is 19.1 Å². The first-order chi connectivity index (χ1) is 12.0. The zero-order chi connectivity index (χ0) is 18.0. The molecule has 0 amide bonds. The normalized spacial score (nSPS) is 15.1. The van der Waals surface area contributed by atoms with E-state index in [1.807, 2.05) is 19.0 Å². The molecule has 2 heterocycles. The lowest BCUT2D eigenvalue weighted by molar-refractivity contribution is -0.129. The van der Waals surface area contributed by atoms with Crippen LogP contribution < -0.4 is 14.4 Å². The Bertz CT molecular complexity index is 853. The number of hydrogen-bond donors (Lipinski definition) is 0. The minimum Gasteiger partial charge on any atom is -0.497 e. The van der Waals surface area contributed by atoms with Gasteiger partial charge >= 0.3 is 5.97 Å². The molecule has 0 fully saturated rings. The Hall–Kier alpha value is -2.87. The lowest BCUT2D eigenvalue weighted by Gasteiger charge is -2.04. The van der Waals surface area contributed by atoms with Gasteiger partial charge in [-0.05, 0) is 30.3 Å². The fourth-order valence-corrected chi connectivity index (χ4v) is 3.02. The van der Waals surface area contributed by atoms with Crippen LogP contribution in [0.1, 0.15) is 10.4 Å². The van der Waals surface area contributed by atoms with E-state index in [2.05, 4.69) is 9.98 Å². The van der Waals surface area contributed by atoms with Gasteiger partial charge in [-0.2, -0.15) is 4.98 Å². The zero-order valence-corrected chi connectivity index (χ0v) is 15.1. The van der Waals surface area contributed by atoms with Crippen molar-refractivity contribution in [2.45, 2.75) is 0 Å². The standard InChI is InChI=1S/C17H17N3O4S/c1-20(2)17-19-15(23-4)13(25-17)9-12-16(21)24-14(18-12)10-5-7-11(22-3)8-6-10/h5-9H,1-4H3. The Kier molecular flexibility index (Phi) is 4.71. The highest BCUT2D eigenvalue weighted by molar-refractivity contribution is 7.16. The van der Waals surface area contributed by atoms with Gasteiger partial charge in [-0.3, -0.25) is 0 Å². The second kappa shape index (κ2) is 6.94. The molecule has 130 valence electrons. The summed E-state index contributed by atoms with van der Waals surface area (Å²) in [5, 5.41) is 0.773. The van der Waals surface area contributed by atoms with Gasteiger partial charge in [0.1, 0.15) is 5.75 Å². The van der Waals surface area contributed by atoms with Crippen LogP contribution in [0.5, 0.6) is 11.6 Å². The van der Waals surface area contributed by atoms with Crippen molar-refractivity contribution < 1.29 is 19.0 Å². The number of thiazole rings is 1. The van der Waals surface area contributed by atoms with Gasteiger partial charge in [-0.1, -0.05) is 11.3 Å². The summed E-state index contributed by atoms with van der Waals surface area (Å²) in [4.78, 5) is 23.4. The molecule has 25 heavy (non-hydrogen) atoms. The molecule has 0 atom stereocenters. The average molecular weight is 359 g/mol. The van der Waals surface area contributed by atoms with Crippen LogP contribution in [0, 0.1) is 0 Å². The highest BCUT2D eigenvalue weighted by atomic mass is 32.1. The Morgan fingerprint density at radius 2 is 1.88 bits per heavy atom. The Morgan fingerprint density at radius 3 is 2.48 bits per heavy atom. The summed E-state index contributed by atoms with van der Waals surface area (Å²) in [5.41, 5.74) is 0.904. The van der Waals surface area contributed by atoms with E-state index in [1.54, 1.807) is 37.5 Å². The number of carbonyl (C=O) groups is 1. The fraction of sp³-hybridized carbons (Fsp3) is 0.235. The molecule has 1 aliphatic heterocycles. The molecule has 0 N–H and O–H groups in total. The molecule has 7 nitrogen and oxygen atoms in total. The van der Waals surface area contributed by atoms with E-state index in [0.717, 1.165) is 10.9 Å². The van der Waals surface area contributed by atoms with Crippen molar-refractivity contribution in [3.05, 3.63) is 40.4 Å². The van der Waals surface area contributed by atoms with E-state index < -0.39 is 5.97 Å². The second-order valence-corrected chi connectivity index (χ2v) is 6.34. The summed E-state index contributed by atoms with van der Waals surface area (Å²) in [6.07, 6.45) is 1.63. The number of aliphatic imine (C=N–C) groups is 1.